The lowest BCUT2D eigenvalue weighted by Gasteiger charge is -2.33. The van der Waals surface area contributed by atoms with Crippen LogP contribution in [0.3, 0.4) is 0 Å². The van der Waals surface area contributed by atoms with E-state index < -0.39 is 0 Å². The number of benzene rings is 1. The predicted molar refractivity (Wildman–Crippen MR) is 91.3 cm³/mol. The number of piperidine rings is 1. The number of nitrogens with one attached hydrogen (secondary N) is 1. The van der Waals surface area contributed by atoms with Crippen molar-refractivity contribution in [3.8, 4) is 5.75 Å². The summed E-state index contributed by atoms with van der Waals surface area (Å²) < 4.78 is 7.33. The molecular formula is C18H20N4O2. The Morgan fingerprint density at radius 2 is 2.29 bits per heavy atom. The molecule has 0 bridgehead atoms. The number of rotatable bonds is 3. The first-order chi connectivity index (χ1) is 11.7. The maximum atomic E-state index is 12.9. The van der Waals surface area contributed by atoms with Gasteiger partial charge in [-0.3, -0.25) is 4.79 Å². The summed E-state index contributed by atoms with van der Waals surface area (Å²) >= 11 is 0. The van der Waals surface area contributed by atoms with Gasteiger partial charge >= 0.3 is 0 Å². The number of likely N-dealkylation sites (tertiary alicyclic amines) is 1. The van der Waals surface area contributed by atoms with Crippen LogP contribution < -0.4 is 4.74 Å². The molecule has 1 aromatic carbocycles. The van der Waals surface area contributed by atoms with Gasteiger partial charge in [-0.05, 0) is 31.0 Å². The van der Waals surface area contributed by atoms with Crippen molar-refractivity contribution >= 4 is 16.8 Å². The zero-order valence-corrected chi connectivity index (χ0v) is 13.6. The van der Waals surface area contributed by atoms with Gasteiger partial charge in [0.25, 0.3) is 5.91 Å². The summed E-state index contributed by atoms with van der Waals surface area (Å²) in [5.74, 6) is 0.830. The van der Waals surface area contributed by atoms with Gasteiger partial charge in [0.2, 0.25) is 0 Å². The molecule has 1 N–H and O–H groups in total. The van der Waals surface area contributed by atoms with Gasteiger partial charge in [0, 0.05) is 42.5 Å². The fourth-order valence-electron chi connectivity index (χ4n) is 3.39. The molecule has 0 spiro atoms. The van der Waals surface area contributed by atoms with Gasteiger partial charge in [-0.15, -0.1) is 0 Å². The third-order valence-electron chi connectivity index (χ3n) is 4.69. The highest BCUT2D eigenvalue weighted by Crippen LogP contribution is 2.25. The fraction of sp³-hybridized carbons (Fsp3) is 0.333. The van der Waals surface area contributed by atoms with E-state index in [2.05, 4.69) is 14.5 Å². The number of hydrogen-bond donors (Lipinski definition) is 1. The first kappa shape index (κ1) is 14.8. The average Bonchev–Trinajstić information content (AvgIpc) is 3.30. The van der Waals surface area contributed by atoms with Crippen molar-refractivity contribution in [2.24, 2.45) is 0 Å². The van der Waals surface area contributed by atoms with E-state index in [1.54, 1.807) is 13.3 Å². The number of fused-ring (bicyclic) bond motifs is 1. The monoisotopic (exact) mass is 324 g/mol. The Morgan fingerprint density at radius 1 is 1.38 bits per heavy atom. The lowest BCUT2D eigenvalue weighted by atomic mass is 10.1. The summed E-state index contributed by atoms with van der Waals surface area (Å²) in [6, 6.07) is 8.00. The van der Waals surface area contributed by atoms with Crippen LogP contribution in [-0.4, -0.2) is 45.5 Å². The van der Waals surface area contributed by atoms with Crippen LogP contribution in [0.4, 0.5) is 0 Å². The zero-order valence-electron chi connectivity index (χ0n) is 13.6. The van der Waals surface area contributed by atoms with Gasteiger partial charge in [-0.25, -0.2) is 4.98 Å². The van der Waals surface area contributed by atoms with Crippen LogP contribution in [0, 0.1) is 0 Å². The molecule has 1 aliphatic rings. The molecule has 0 unspecified atom stereocenters. The molecule has 3 heterocycles. The largest absolute Gasteiger partial charge is 0.497 e. The number of amides is 1. The Morgan fingerprint density at radius 3 is 3.08 bits per heavy atom. The molecule has 0 saturated carbocycles. The minimum atomic E-state index is 0.0509. The normalized spacial score (nSPS) is 18.0. The first-order valence-electron chi connectivity index (χ1n) is 8.18. The number of H-pyrrole nitrogens is 1. The Kier molecular flexibility index (Phi) is 3.72. The molecule has 1 amide bonds. The molecule has 6 nitrogen and oxygen atoms in total. The van der Waals surface area contributed by atoms with Gasteiger partial charge in [0.05, 0.1) is 19.5 Å². The maximum absolute atomic E-state index is 12.9. The van der Waals surface area contributed by atoms with Crippen LogP contribution in [-0.2, 0) is 0 Å². The minimum absolute atomic E-state index is 0.0509. The number of carbonyl (C=O) groups is 1. The van der Waals surface area contributed by atoms with Crippen LogP contribution in [0.2, 0.25) is 0 Å². The van der Waals surface area contributed by atoms with E-state index in [1.807, 2.05) is 41.7 Å². The van der Waals surface area contributed by atoms with Crippen LogP contribution in [0.15, 0.2) is 43.0 Å². The molecule has 1 saturated heterocycles. The second-order valence-corrected chi connectivity index (χ2v) is 6.19. The Labute approximate surface area is 140 Å². The molecule has 2 aromatic heterocycles. The third-order valence-corrected chi connectivity index (χ3v) is 4.69. The molecule has 0 radical (unpaired) electrons. The highest BCUT2D eigenvalue weighted by molar-refractivity contribution is 5.98. The van der Waals surface area contributed by atoms with E-state index >= 15 is 0 Å². The summed E-state index contributed by atoms with van der Waals surface area (Å²) in [4.78, 5) is 22.1. The Hall–Kier alpha value is -2.76. The second-order valence-electron chi connectivity index (χ2n) is 6.19. The maximum Gasteiger partial charge on any atom is 0.270 e. The lowest BCUT2D eigenvalue weighted by molar-refractivity contribution is 0.0674. The van der Waals surface area contributed by atoms with E-state index in [1.165, 1.54) is 0 Å². The molecule has 4 rings (SSSR count). The summed E-state index contributed by atoms with van der Waals surface area (Å²) in [5.41, 5.74) is 1.55. The summed E-state index contributed by atoms with van der Waals surface area (Å²) in [7, 11) is 1.64. The van der Waals surface area contributed by atoms with Crippen LogP contribution in [0.1, 0.15) is 29.4 Å². The van der Waals surface area contributed by atoms with E-state index in [4.69, 9.17) is 4.74 Å². The number of ether oxygens (including phenoxy) is 1. The van der Waals surface area contributed by atoms with Crippen molar-refractivity contribution < 1.29 is 9.53 Å². The number of carbonyl (C=O) groups excluding carboxylic acids is 1. The van der Waals surface area contributed by atoms with Crippen molar-refractivity contribution in [2.45, 2.75) is 18.9 Å². The molecular weight excluding hydrogens is 304 g/mol. The molecule has 6 heteroatoms. The number of methoxy groups -OCH3 is 1. The minimum Gasteiger partial charge on any atom is -0.497 e. The van der Waals surface area contributed by atoms with Gasteiger partial charge in [-0.1, -0.05) is 0 Å². The van der Waals surface area contributed by atoms with Crippen molar-refractivity contribution in [2.75, 3.05) is 20.2 Å². The quantitative estimate of drug-likeness (QED) is 0.806. The van der Waals surface area contributed by atoms with E-state index in [-0.39, 0.29) is 5.91 Å². The van der Waals surface area contributed by atoms with Crippen molar-refractivity contribution in [3.05, 3.63) is 48.7 Å². The summed E-state index contributed by atoms with van der Waals surface area (Å²) in [6.07, 6.45) is 7.65. The third kappa shape index (κ3) is 2.64. The average molecular weight is 324 g/mol. The predicted octanol–water partition coefficient (Wildman–Crippen LogP) is 2.85. The smallest absolute Gasteiger partial charge is 0.270 e. The Balaban J connectivity index is 1.56. The summed E-state index contributed by atoms with van der Waals surface area (Å²) in [5, 5.41) is 1.02. The topological polar surface area (TPSA) is 63.1 Å². The number of aromatic amines is 1. The van der Waals surface area contributed by atoms with E-state index in [9.17, 15) is 4.79 Å². The van der Waals surface area contributed by atoms with Gasteiger partial charge < -0.3 is 19.2 Å². The van der Waals surface area contributed by atoms with E-state index in [0.717, 1.165) is 36.0 Å². The van der Waals surface area contributed by atoms with E-state index in [0.29, 0.717) is 18.3 Å². The van der Waals surface area contributed by atoms with Crippen LogP contribution in [0.25, 0.3) is 10.9 Å². The van der Waals surface area contributed by atoms with Crippen LogP contribution in [0.5, 0.6) is 5.75 Å². The lowest BCUT2D eigenvalue weighted by Crippen LogP contribution is -2.40. The van der Waals surface area contributed by atoms with Crippen LogP contribution >= 0.6 is 0 Å². The molecule has 0 aliphatic carbocycles. The molecule has 24 heavy (non-hydrogen) atoms. The van der Waals surface area contributed by atoms with Gasteiger partial charge in [0.15, 0.2) is 0 Å². The van der Waals surface area contributed by atoms with Crippen molar-refractivity contribution in [1.82, 2.24) is 19.4 Å². The molecule has 1 fully saturated rings. The fourth-order valence-corrected chi connectivity index (χ4v) is 3.39. The standard InChI is InChI=1S/C18H20N4O2/c1-24-15-5-4-13-9-17(20-16(13)10-15)18(23)21-7-2-3-14(11-21)22-8-6-19-12-22/h4-6,8-10,12,14,20H,2-3,7,11H2,1H3/t14-/m0/s1. The Bertz CT molecular complexity index is 853. The van der Waals surface area contributed by atoms with Gasteiger partial charge in [0.1, 0.15) is 11.4 Å². The number of aromatic nitrogens is 3. The van der Waals surface area contributed by atoms with Crippen molar-refractivity contribution in [3.63, 3.8) is 0 Å². The number of hydrogen-bond acceptors (Lipinski definition) is 3. The van der Waals surface area contributed by atoms with Crippen molar-refractivity contribution in [1.29, 1.82) is 0 Å². The zero-order chi connectivity index (χ0) is 16.5. The first-order valence-corrected chi connectivity index (χ1v) is 8.18. The number of imidazole rings is 1. The molecule has 124 valence electrons. The molecule has 1 aliphatic heterocycles. The summed E-state index contributed by atoms with van der Waals surface area (Å²) in [6.45, 7) is 1.51. The second kappa shape index (κ2) is 6.03. The van der Waals surface area contributed by atoms with Gasteiger partial charge in [-0.2, -0.15) is 0 Å². The molecule has 1 atom stereocenters. The number of nitrogens with zero attached hydrogens (tertiary/aromatic N) is 3. The highest BCUT2D eigenvalue weighted by Gasteiger charge is 2.26. The SMILES string of the molecule is COc1ccc2cc(C(=O)N3CCC[C@H](n4ccnc4)C3)[nH]c2c1. The highest BCUT2D eigenvalue weighted by atomic mass is 16.5. The molecule has 3 aromatic rings.